The quantitative estimate of drug-likeness (QED) is 0.752. The number of anilines is 1. The van der Waals surface area contributed by atoms with Crippen LogP contribution in [0.1, 0.15) is 53.5 Å². The van der Waals surface area contributed by atoms with Crippen LogP contribution >= 0.6 is 0 Å². The zero-order valence-corrected chi connectivity index (χ0v) is 13.9. The van der Waals surface area contributed by atoms with Crippen molar-refractivity contribution in [3.05, 3.63) is 11.8 Å². The first kappa shape index (κ1) is 17.5. The summed E-state index contributed by atoms with van der Waals surface area (Å²) in [6.07, 6.45) is 2.33. The first-order chi connectivity index (χ1) is 9.67. The van der Waals surface area contributed by atoms with Gasteiger partial charge in [-0.25, -0.2) is 4.79 Å². The van der Waals surface area contributed by atoms with Gasteiger partial charge < -0.3 is 10.1 Å². The Hall–Kier alpha value is -1.56. The number of aromatic nitrogens is 2. The Labute approximate surface area is 127 Å². The molecule has 0 bridgehead atoms. The Kier molecular flexibility index (Phi) is 6.20. The van der Waals surface area contributed by atoms with Crippen molar-refractivity contribution < 1.29 is 9.53 Å². The van der Waals surface area contributed by atoms with Crippen molar-refractivity contribution in [3.63, 3.8) is 0 Å². The summed E-state index contributed by atoms with van der Waals surface area (Å²) in [6, 6.07) is 0.411. The van der Waals surface area contributed by atoms with Gasteiger partial charge in [-0.15, -0.1) is 0 Å². The molecule has 0 aliphatic heterocycles. The van der Waals surface area contributed by atoms with Crippen LogP contribution in [-0.4, -0.2) is 27.9 Å². The molecule has 0 saturated carbocycles. The van der Waals surface area contributed by atoms with E-state index in [0.717, 1.165) is 12.0 Å². The molecule has 1 amide bonds. The van der Waals surface area contributed by atoms with Gasteiger partial charge >= 0.3 is 6.09 Å². The van der Waals surface area contributed by atoms with Crippen molar-refractivity contribution in [2.24, 2.45) is 5.92 Å². The van der Waals surface area contributed by atoms with Gasteiger partial charge in [-0.2, -0.15) is 5.10 Å². The Morgan fingerprint density at radius 1 is 1.38 bits per heavy atom. The number of hydrogen-bond acceptors (Lipinski definition) is 4. The second-order valence-electron chi connectivity index (χ2n) is 6.81. The van der Waals surface area contributed by atoms with Crippen LogP contribution in [-0.2, 0) is 11.3 Å². The van der Waals surface area contributed by atoms with E-state index in [2.05, 4.69) is 41.6 Å². The van der Waals surface area contributed by atoms with E-state index in [4.69, 9.17) is 4.74 Å². The predicted molar refractivity (Wildman–Crippen MR) is 84.2 cm³/mol. The van der Waals surface area contributed by atoms with E-state index in [1.165, 1.54) is 0 Å². The molecule has 120 valence electrons. The van der Waals surface area contributed by atoms with Crippen LogP contribution in [0, 0.1) is 5.92 Å². The maximum Gasteiger partial charge on any atom is 0.413 e. The molecule has 0 fully saturated rings. The number of nitrogens with one attached hydrogen (secondary N) is 3. The predicted octanol–water partition coefficient (Wildman–Crippen LogP) is 3.28. The van der Waals surface area contributed by atoms with E-state index >= 15 is 0 Å². The maximum absolute atomic E-state index is 11.8. The normalized spacial score (nSPS) is 13.3. The average molecular weight is 296 g/mol. The zero-order chi connectivity index (χ0) is 16.0. The van der Waals surface area contributed by atoms with Gasteiger partial charge in [0.1, 0.15) is 11.4 Å². The molecule has 0 saturated heterocycles. The summed E-state index contributed by atoms with van der Waals surface area (Å²) in [5.41, 5.74) is 0.394. The minimum atomic E-state index is -0.520. The smallest absolute Gasteiger partial charge is 0.413 e. The summed E-state index contributed by atoms with van der Waals surface area (Å²) in [5, 5.41) is 12.9. The Morgan fingerprint density at radius 3 is 2.62 bits per heavy atom. The van der Waals surface area contributed by atoms with Crippen molar-refractivity contribution in [1.29, 1.82) is 0 Å². The third kappa shape index (κ3) is 7.13. The molecule has 0 radical (unpaired) electrons. The lowest BCUT2D eigenvalue weighted by Gasteiger charge is -2.20. The number of aromatic amines is 1. The molecule has 1 aromatic rings. The molecule has 1 rings (SSSR count). The fourth-order valence-corrected chi connectivity index (χ4v) is 2.03. The SMILES string of the molecule is CC(C)CC(C)NCc1cn[nH]c1NC(=O)OC(C)(C)C. The molecule has 1 aromatic heterocycles. The Balaban J connectivity index is 2.52. The second kappa shape index (κ2) is 7.45. The summed E-state index contributed by atoms with van der Waals surface area (Å²) in [5.74, 6) is 1.23. The van der Waals surface area contributed by atoms with Crippen LogP contribution in [0.3, 0.4) is 0 Å². The van der Waals surface area contributed by atoms with E-state index in [9.17, 15) is 4.79 Å². The molecule has 0 aliphatic rings. The minimum Gasteiger partial charge on any atom is -0.444 e. The molecule has 21 heavy (non-hydrogen) atoms. The van der Waals surface area contributed by atoms with Crippen molar-refractivity contribution in [2.75, 3.05) is 5.32 Å². The van der Waals surface area contributed by atoms with Crippen LogP contribution in [0.25, 0.3) is 0 Å². The van der Waals surface area contributed by atoms with Crippen LogP contribution < -0.4 is 10.6 Å². The van der Waals surface area contributed by atoms with Crippen LogP contribution in [0.15, 0.2) is 6.20 Å². The first-order valence-electron chi connectivity index (χ1n) is 7.43. The average Bonchev–Trinajstić information content (AvgIpc) is 2.70. The number of carbonyl (C=O) groups excluding carboxylic acids is 1. The highest BCUT2D eigenvalue weighted by Crippen LogP contribution is 2.14. The van der Waals surface area contributed by atoms with Crippen LogP contribution in [0.5, 0.6) is 0 Å². The third-order valence-corrected chi connectivity index (χ3v) is 2.81. The zero-order valence-electron chi connectivity index (χ0n) is 13.9. The maximum atomic E-state index is 11.8. The lowest BCUT2D eigenvalue weighted by molar-refractivity contribution is 0.0635. The lowest BCUT2D eigenvalue weighted by atomic mass is 10.1. The van der Waals surface area contributed by atoms with E-state index in [1.54, 1.807) is 6.20 Å². The number of amides is 1. The van der Waals surface area contributed by atoms with E-state index in [1.807, 2.05) is 20.8 Å². The Morgan fingerprint density at radius 2 is 2.05 bits per heavy atom. The third-order valence-electron chi connectivity index (χ3n) is 2.81. The molecular formula is C15H28N4O2. The van der Waals surface area contributed by atoms with Gasteiger partial charge in [-0.3, -0.25) is 10.4 Å². The fraction of sp³-hybridized carbons (Fsp3) is 0.733. The van der Waals surface area contributed by atoms with Gasteiger partial charge in [-0.1, -0.05) is 13.8 Å². The van der Waals surface area contributed by atoms with E-state index < -0.39 is 11.7 Å². The van der Waals surface area contributed by atoms with Gasteiger partial charge in [0, 0.05) is 18.2 Å². The molecule has 1 atom stereocenters. The molecule has 0 aliphatic carbocycles. The van der Waals surface area contributed by atoms with E-state index in [-0.39, 0.29) is 0 Å². The van der Waals surface area contributed by atoms with Gasteiger partial charge in [0.25, 0.3) is 0 Å². The molecule has 3 N–H and O–H groups in total. The van der Waals surface area contributed by atoms with Crippen molar-refractivity contribution in [2.45, 2.75) is 66.2 Å². The monoisotopic (exact) mass is 296 g/mol. The fourth-order valence-electron chi connectivity index (χ4n) is 2.03. The van der Waals surface area contributed by atoms with Crippen molar-refractivity contribution in [3.8, 4) is 0 Å². The molecule has 0 aromatic carbocycles. The van der Waals surface area contributed by atoms with Crippen molar-refractivity contribution in [1.82, 2.24) is 15.5 Å². The molecule has 6 nitrogen and oxygen atoms in total. The van der Waals surface area contributed by atoms with Gasteiger partial charge in [0.05, 0.1) is 6.20 Å². The second-order valence-corrected chi connectivity index (χ2v) is 6.81. The highest BCUT2D eigenvalue weighted by molar-refractivity contribution is 5.84. The topological polar surface area (TPSA) is 79.0 Å². The summed E-state index contributed by atoms with van der Waals surface area (Å²) in [4.78, 5) is 11.8. The number of nitrogens with zero attached hydrogens (tertiary/aromatic N) is 1. The number of H-pyrrole nitrogens is 1. The van der Waals surface area contributed by atoms with E-state index in [0.29, 0.717) is 24.3 Å². The largest absolute Gasteiger partial charge is 0.444 e. The highest BCUT2D eigenvalue weighted by atomic mass is 16.6. The Bertz CT molecular complexity index is 449. The molecule has 0 spiro atoms. The molecule has 1 heterocycles. The highest BCUT2D eigenvalue weighted by Gasteiger charge is 2.18. The summed E-state index contributed by atoms with van der Waals surface area (Å²) in [6.45, 7) is 12.7. The number of ether oxygens (including phenoxy) is 1. The summed E-state index contributed by atoms with van der Waals surface area (Å²) in [7, 11) is 0. The van der Waals surface area contributed by atoms with Gasteiger partial charge in [0.2, 0.25) is 0 Å². The van der Waals surface area contributed by atoms with Gasteiger partial charge in [0.15, 0.2) is 0 Å². The number of rotatable bonds is 6. The number of carbonyl (C=O) groups is 1. The minimum absolute atomic E-state index is 0.411. The number of hydrogen-bond donors (Lipinski definition) is 3. The summed E-state index contributed by atoms with van der Waals surface area (Å²) < 4.78 is 5.23. The van der Waals surface area contributed by atoms with Gasteiger partial charge in [-0.05, 0) is 40.0 Å². The molecular weight excluding hydrogens is 268 g/mol. The summed E-state index contributed by atoms with van der Waals surface area (Å²) >= 11 is 0. The lowest BCUT2D eigenvalue weighted by Crippen LogP contribution is -2.29. The molecule has 6 heteroatoms. The van der Waals surface area contributed by atoms with Crippen LogP contribution in [0.4, 0.5) is 10.6 Å². The van der Waals surface area contributed by atoms with Crippen molar-refractivity contribution >= 4 is 11.9 Å². The first-order valence-corrected chi connectivity index (χ1v) is 7.43. The molecule has 1 unspecified atom stereocenters. The standard InChI is InChI=1S/C15H28N4O2/c1-10(2)7-11(3)16-8-12-9-17-19-13(12)18-14(20)21-15(4,5)6/h9-11,16H,7-8H2,1-6H3,(H2,17,18,19,20). The van der Waals surface area contributed by atoms with Crippen LogP contribution in [0.2, 0.25) is 0 Å².